The van der Waals surface area contributed by atoms with Gasteiger partial charge in [0, 0.05) is 38.6 Å². The first kappa shape index (κ1) is 17.9. The number of carbonyl (C=O) groups is 1. The number of rotatable bonds is 8. The molecule has 0 spiro atoms. The minimum atomic E-state index is -3.44. The fourth-order valence-corrected chi connectivity index (χ4v) is 2.25. The van der Waals surface area contributed by atoms with Crippen molar-refractivity contribution in [3.63, 3.8) is 0 Å². The largest absolute Gasteiger partial charge is 0.355 e. The highest BCUT2D eigenvalue weighted by molar-refractivity contribution is 7.87. The van der Waals surface area contributed by atoms with Gasteiger partial charge < -0.3 is 5.32 Å². The van der Waals surface area contributed by atoms with E-state index in [0.29, 0.717) is 17.9 Å². The predicted octanol–water partition coefficient (Wildman–Crippen LogP) is 0.785. The fraction of sp³-hybridized carbons (Fsp3) is 0.462. The van der Waals surface area contributed by atoms with Gasteiger partial charge in [0.25, 0.3) is 10.2 Å². The number of carbonyl (C=O) groups excluding carboxylic acids is 1. The SMILES string of the molecule is CN(C)S(=O)(=O)NCCNC(=O)CCc1ccc(Cl)cc1. The monoisotopic (exact) mass is 333 g/mol. The van der Waals surface area contributed by atoms with Crippen molar-refractivity contribution < 1.29 is 13.2 Å². The number of aryl methyl sites for hydroxylation is 1. The van der Waals surface area contributed by atoms with E-state index in [0.717, 1.165) is 9.87 Å². The summed E-state index contributed by atoms with van der Waals surface area (Å²) in [5, 5.41) is 3.33. The Bertz CT molecular complexity index is 559. The van der Waals surface area contributed by atoms with E-state index in [1.807, 2.05) is 12.1 Å². The minimum Gasteiger partial charge on any atom is -0.355 e. The molecule has 0 radical (unpaired) electrons. The van der Waals surface area contributed by atoms with Gasteiger partial charge in [0.15, 0.2) is 0 Å². The van der Waals surface area contributed by atoms with Crippen molar-refractivity contribution in [2.75, 3.05) is 27.2 Å². The third-order valence-electron chi connectivity index (χ3n) is 2.77. The minimum absolute atomic E-state index is 0.117. The molecule has 6 nitrogen and oxygen atoms in total. The molecule has 21 heavy (non-hydrogen) atoms. The first-order valence-corrected chi connectivity index (χ1v) is 8.31. The molecule has 1 aromatic carbocycles. The van der Waals surface area contributed by atoms with E-state index in [4.69, 9.17) is 11.6 Å². The molecular formula is C13H20ClN3O3S. The van der Waals surface area contributed by atoms with E-state index in [1.54, 1.807) is 12.1 Å². The van der Waals surface area contributed by atoms with Crippen LogP contribution in [-0.2, 0) is 21.4 Å². The number of benzene rings is 1. The summed E-state index contributed by atoms with van der Waals surface area (Å²) >= 11 is 5.78. The molecule has 0 aliphatic heterocycles. The van der Waals surface area contributed by atoms with Crippen molar-refractivity contribution in [1.82, 2.24) is 14.3 Å². The topological polar surface area (TPSA) is 78.5 Å². The van der Waals surface area contributed by atoms with Crippen LogP contribution in [0.15, 0.2) is 24.3 Å². The van der Waals surface area contributed by atoms with E-state index in [-0.39, 0.29) is 19.0 Å². The van der Waals surface area contributed by atoms with Crippen LogP contribution in [0.25, 0.3) is 0 Å². The molecule has 1 amide bonds. The number of nitrogens with zero attached hydrogens (tertiary/aromatic N) is 1. The Morgan fingerprint density at radius 3 is 2.38 bits per heavy atom. The van der Waals surface area contributed by atoms with Crippen LogP contribution in [0.2, 0.25) is 5.02 Å². The van der Waals surface area contributed by atoms with Gasteiger partial charge in [-0.2, -0.15) is 12.7 Å². The molecule has 0 aliphatic rings. The number of hydrogen-bond donors (Lipinski definition) is 2. The standard InChI is InChI=1S/C13H20ClN3O3S/c1-17(2)21(19,20)16-10-9-15-13(18)8-5-11-3-6-12(14)7-4-11/h3-4,6-7,16H,5,8-10H2,1-2H3,(H,15,18). The van der Waals surface area contributed by atoms with Gasteiger partial charge in [-0.3, -0.25) is 4.79 Å². The lowest BCUT2D eigenvalue weighted by Gasteiger charge is -2.12. The van der Waals surface area contributed by atoms with Crippen LogP contribution < -0.4 is 10.0 Å². The van der Waals surface area contributed by atoms with Gasteiger partial charge in [-0.05, 0) is 24.1 Å². The molecule has 0 unspecified atom stereocenters. The quantitative estimate of drug-likeness (QED) is 0.690. The number of amides is 1. The Hall–Kier alpha value is -1.15. The molecule has 2 N–H and O–H groups in total. The summed E-state index contributed by atoms with van der Waals surface area (Å²) in [6, 6.07) is 7.32. The number of halogens is 1. The first-order valence-electron chi connectivity index (χ1n) is 6.49. The van der Waals surface area contributed by atoms with Crippen LogP contribution in [0.5, 0.6) is 0 Å². The molecule has 0 aromatic heterocycles. The lowest BCUT2D eigenvalue weighted by molar-refractivity contribution is -0.121. The molecule has 0 aliphatic carbocycles. The van der Waals surface area contributed by atoms with Gasteiger partial charge in [0.1, 0.15) is 0 Å². The molecule has 0 fully saturated rings. The van der Waals surface area contributed by atoms with E-state index >= 15 is 0 Å². The van der Waals surface area contributed by atoms with Crippen molar-refractivity contribution in [3.05, 3.63) is 34.9 Å². The maximum Gasteiger partial charge on any atom is 0.278 e. The van der Waals surface area contributed by atoms with Gasteiger partial charge in [-0.25, -0.2) is 4.72 Å². The fourth-order valence-electron chi connectivity index (χ4n) is 1.51. The highest BCUT2D eigenvalue weighted by Gasteiger charge is 2.11. The van der Waals surface area contributed by atoms with Crippen molar-refractivity contribution in [1.29, 1.82) is 0 Å². The molecule has 1 rings (SSSR count). The van der Waals surface area contributed by atoms with Gasteiger partial charge in [-0.15, -0.1) is 0 Å². The molecule has 0 saturated carbocycles. The highest BCUT2D eigenvalue weighted by atomic mass is 35.5. The van der Waals surface area contributed by atoms with Crippen LogP contribution in [-0.4, -0.2) is 45.8 Å². The molecule has 0 heterocycles. The molecule has 0 bridgehead atoms. The van der Waals surface area contributed by atoms with Crippen LogP contribution in [0.4, 0.5) is 0 Å². The smallest absolute Gasteiger partial charge is 0.278 e. The van der Waals surface area contributed by atoms with E-state index < -0.39 is 10.2 Å². The summed E-state index contributed by atoms with van der Waals surface area (Å²) < 4.78 is 26.3. The van der Waals surface area contributed by atoms with E-state index in [9.17, 15) is 13.2 Å². The maximum atomic E-state index is 11.6. The average Bonchev–Trinajstić information content (AvgIpc) is 2.43. The molecule has 0 atom stereocenters. The summed E-state index contributed by atoms with van der Waals surface area (Å²) in [6.07, 6.45) is 0.967. The lowest BCUT2D eigenvalue weighted by atomic mass is 10.1. The second-order valence-electron chi connectivity index (χ2n) is 4.66. The summed E-state index contributed by atoms with van der Waals surface area (Å²) in [6.45, 7) is 0.416. The second-order valence-corrected chi connectivity index (χ2v) is 7.06. The molecule has 118 valence electrons. The van der Waals surface area contributed by atoms with Crippen molar-refractivity contribution >= 4 is 27.7 Å². The molecular weight excluding hydrogens is 314 g/mol. The highest BCUT2D eigenvalue weighted by Crippen LogP contribution is 2.10. The summed E-state index contributed by atoms with van der Waals surface area (Å²) in [5.41, 5.74) is 1.03. The first-order chi connectivity index (χ1) is 9.81. The number of nitrogens with one attached hydrogen (secondary N) is 2. The zero-order valence-electron chi connectivity index (χ0n) is 12.1. The van der Waals surface area contributed by atoms with Crippen LogP contribution in [0.1, 0.15) is 12.0 Å². The summed E-state index contributed by atoms with van der Waals surface area (Å²) in [4.78, 5) is 11.6. The number of hydrogen-bond acceptors (Lipinski definition) is 3. The zero-order chi connectivity index (χ0) is 15.9. The normalized spacial score (nSPS) is 11.6. The van der Waals surface area contributed by atoms with Gasteiger partial charge in [0.2, 0.25) is 5.91 Å². The molecule has 8 heteroatoms. The molecule has 0 saturated heterocycles. The Kier molecular flexibility index (Phi) is 7.10. The lowest BCUT2D eigenvalue weighted by Crippen LogP contribution is -2.40. The molecule has 1 aromatic rings. The Balaban J connectivity index is 2.21. The van der Waals surface area contributed by atoms with Crippen LogP contribution in [0.3, 0.4) is 0 Å². The van der Waals surface area contributed by atoms with Crippen molar-refractivity contribution in [2.45, 2.75) is 12.8 Å². The van der Waals surface area contributed by atoms with Crippen LogP contribution >= 0.6 is 11.6 Å². The Morgan fingerprint density at radius 1 is 1.19 bits per heavy atom. The van der Waals surface area contributed by atoms with Crippen molar-refractivity contribution in [2.24, 2.45) is 0 Å². The maximum absolute atomic E-state index is 11.6. The Labute approximate surface area is 130 Å². The van der Waals surface area contributed by atoms with Gasteiger partial charge >= 0.3 is 0 Å². The summed E-state index contributed by atoms with van der Waals surface area (Å²) in [7, 11) is -0.561. The van der Waals surface area contributed by atoms with Gasteiger partial charge in [-0.1, -0.05) is 23.7 Å². The van der Waals surface area contributed by atoms with Crippen LogP contribution in [0, 0.1) is 0 Å². The second kappa shape index (κ2) is 8.33. The Morgan fingerprint density at radius 2 is 1.81 bits per heavy atom. The van der Waals surface area contributed by atoms with E-state index in [2.05, 4.69) is 10.0 Å². The van der Waals surface area contributed by atoms with Crippen molar-refractivity contribution in [3.8, 4) is 0 Å². The zero-order valence-corrected chi connectivity index (χ0v) is 13.7. The predicted molar refractivity (Wildman–Crippen MR) is 83.4 cm³/mol. The third-order valence-corrected chi connectivity index (χ3v) is 4.55. The van der Waals surface area contributed by atoms with E-state index in [1.165, 1.54) is 14.1 Å². The average molecular weight is 334 g/mol. The summed E-state index contributed by atoms with van der Waals surface area (Å²) in [5.74, 6) is -0.117. The van der Waals surface area contributed by atoms with Gasteiger partial charge in [0.05, 0.1) is 0 Å². The third kappa shape index (κ3) is 6.90.